The van der Waals surface area contributed by atoms with E-state index in [2.05, 4.69) is 10.2 Å². The number of nitrogens with one attached hydrogen (secondary N) is 1. The van der Waals surface area contributed by atoms with Crippen molar-refractivity contribution in [2.75, 3.05) is 45.1 Å². The predicted molar refractivity (Wildman–Crippen MR) is 116 cm³/mol. The van der Waals surface area contributed by atoms with E-state index in [0.717, 1.165) is 38.4 Å². The Morgan fingerprint density at radius 3 is 2.73 bits per heavy atom. The molecule has 1 aromatic heterocycles. The van der Waals surface area contributed by atoms with Gasteiger partial charge in [-0.05, 0) is 18.2 Å². The summed E-state index contributed by atoms with van der Waals surface area (Å²) in [5, 5.41) is 3.07. The van der Waals surface area contributed by atoms with Crippen LogP contribution in [0.25, 0.3) is 0 Å². The lowest BCUT2D eigenvalue weighted by Gasteiger charge is -2.29. The van der Waals surface area contributed by atoms with Crippen molar-refractivity contribution < 1.29 is 18.7 Å². The normalized spacial score (nSPS) is 22.2. The van der Waals surface area contributed by atoms with Crippen molar-refractivity contribution in [3.63, 3.8) is 0 Å². The quantitative estimate of drug-likeness (QED) is 0.730. The molecule has 2 aliphatic rings. The number of halogens is 1. The topological polar surface area (TPSA) is 75.0 Å². The largest absolute Gasteiger partial charge is 0.472 e. The predicted octanol–water partition coefficient (Wildman–Crippen LogP) is 2.64. The molecule has 0 radical (unpaired) electrons. The molecule has 2 saturated heterocycles. The highest BCUT2D eigenvalue weighted by Crippen LogP contribution is 2.42. The van der Waals surface area contributed by atoms with Gasteiger partial charge < -0.3 is 19.4 Å². The zero-order chi connectivity index (χ0) is 20.9. The number of amides is 2. The van der Waals surface area contributed by atoms with Crippen molar-refractivity contribution in [3.8, 4) is 0 Å². The molecule has 2 unspecified atom stereocenters. The Labute approximate surface area is 184 Å². The van der Waals surface area contributed by atoms with Crippen LogP contribution in [0.3, 0.4) is 0 Å². The summed E-state index contributed by atoms with van der Waals surface area (Å²) in [5.41, 5.74) is 1.24. The minimum absolute atomic E-state index is 0.151. The summed E-state index contributed by atoms with van der Waals surface area (Å²) in [6.07, 6.45) is 3.19. The van der Waals surface area contributed by atoms with E-state index in [1.165, 1.54) is 0 Å². The van der Waals surface area contributed by atoms with Gasteiger partial charge in [-0.15, -0.1) is 11.8 Å². The average molecular weight is 450 g/mol. The van der Waals surface area contributed by atoms with Crippen LogP contribution in [-0.2, 0) is 9.53 Å². The molecule has 2 aromatic rings. The Morgan fingerprint density at radius 1 is 1.20 bits per heavy atom. The molecule has 0 aliphatic carbocycles. The number of hydrogen-bond donors (Lipinski definition) is 1. The number of thioether (sulfide) groups is 1. The van der Waals surface area contributed by atoms with Crippen molar-refractivity contribution in [3.05, 3.63) is 59.0 Å². The SMILES string of the molecule is O=C(NCCN1CCOCC1)C1CSC(c2ccoc2)N1C(=O)c1ccccc1Cl. The van der Waals surface area contributed by atoms with Gasteiger partial charge in [0.05, 0.1) is 36.3 Å². The summed E-state index contributed by atoms with van der Waals surface area (Å²) in [7, 11) is 0. The Hall–Kier alpha value is -2.00. The summed E-state index contributed by atoms with van der Waals surface area (Å²) >= 11 is 7.83. The first-order valence-electron chi connectivity index (χ1n) is 9.94. The highest BCUT2D eigenvalue weighted by Gasteiger charge is 2.43. The first-order valence-corrected chi connectivity index (χ1v) is 11.4. The van der Waals surface area contributed by atoms with Gasteiger partial charge in [-0.3, -0.25) is 14.5 Å². The maximum Gasteiger partial charge on any atom is 0.257 e. The standard InChI is InChI=1S/C21H24ClN3O4S/c22-17-4-2-1-3-16(17)20(27)25-18(14-30-21(25)15-5-10-29-13-15)19(26)23-6-7-24-8-11-28-12-9-24/h1-5,10,13,18,21H,6-9,11-12,14H2,(H,23,26). The number of hydrogen-bond acceptors (Lipinski definition) is 6. The molecule has 3 heterocycles. The van der Waals surface area contributed by atoms with Crippen LogP contribution in [0.2, 0.25) is 5.02 Å². The molecule has 2 amide bonds. The van der Waals surface area contributed by atoms with E-state index in [4.69, 9.17) is 20.8 Å². The molecular weight excluding hydrogens is 426 g/mol. The van der Waals surface area contributed by atoms with Gasteiger partial charge in [-0.1, -0.05) is 23.7 Å². The molecule has 2 atom stereocenters. The highest BCUT2D eigenvalue weighted by atomic mass is 35.5. The third kappa shape index (κ3) is 4.67. The molecule has 0 saturated carbocycles. The average Bonchev–Trinajstić information content (AvgIpc) is 3.44. The van der Waals surface area contributed by atoms with Crippen LogP contribution in [0.5, 0.6) is 0 Å². The van der Waals surface area contributed by atoms with Crippen molar-refractivity contribution in [1.29, 1.82) is 0 Å². The molecule has 160 valence electrons. The number of morpholine rings is 1. The minimum atomic E-state index is -0.580. The van der Waals surface area contributed by atoms with Crippen molar-refractivity contribution in [2.45, 2.75) is 11.4 Å². The van der Waals surface area contributed by atoms with Gasteiger partial charge in [0.25, 0.3) is 5.91 Å². The van der Waals surface area contributed by atoms with Crippen LogP contribution < -0.4 is 5.32 Å². The van der Waals surface area contributed by atoms with Crippen LogP contribution in [0.1, 0.15) is 21.3 Å². The van der Waals surface area contributed by atoms with Crippen molar-refractivity contribution in [1.82, 2.24) is 15.1 Å². The van der Waals surface area contributed by atoms with E-state index in [-0.39, 0.29) is 17.2 Å². The highest BCUT2D eigenvalue weighted by molar-refractivity contribution is 7.99. The Kier molecular flexibility index (Phi) is 6.99. The van der Waals surface area contributed by atoms with E-state index >= 15 is 0 Å². The van der Waals surface area contributed by atoms with Gasteiger partial charge in [-0.25, -0.2) is 0 Å². The number of furan rings is 1. The minimum Gasteiger partial charge on any atom is -0.472 e. The molecule has 30 heavy (non-hydrogen) atoms. The lowest BCUT2D eigenvalue weighted by molar-refractivity contribution is -0.124. The van der Waals surface area contributed by atoms with Crippen LogP contribution in [0, 0.1) is 0 Å². The first kappa shape index (κ1) is 21.2. The second-order valence-corrected chi connectivity index (χ2v) is 8.72. The zero-order valence-corrected chi connectivity index (χ0v) is 18.0. The Bertz CT molecular complexity index is 873. The van der Waals surface area contributed by atoms with Crippen LogP contribution >= 0.6 is 23.4 Å². The fourth-order valence-electron chi connectivity index (χ4n) is 3.68. The molecule has 0 spiro atoms. The lowest BCUT2D eigenvalue weighted by Crippen LogP contribution is -2.49. The van der Waals surface area contributed by atoms with Crippen LogP contribution in [0.4, 0.5) is 0 Å². The Balaban J connectivity index is 1.48. The molecule has 4 rings (SSSR count). The number of nitrogens with zero attached hydrogens (tertiary/aromatic N) is 2. The third-order valence-electron chi connectivity index (χ3n) is 5.30. The number of carbonyl (C=O) groups is 2. The second-order valence-electron chi connectivity index (χ2n) is 7.20. The molecule has 9 heteroatoms. The van der Waals surface area contributed by atoms with E-state index in [1.54, 1.807) is 53.5 Å². The van der Waals surface area contributed by atoms with Crippen LogP contribution in [0.15, 0.2) is 47.3 Å². The number of rotatable bonds is 6. The molecule has 1 aromatic carbocycles. The van der Waals surface area contributed by atoms with E-state index in [9.17, 15) is 9.59 Å². The molecule has 2 aliphatic heterocycles. The van der Waals surface area contributed by atoms with Gasteiger partial charge in [0, 0.05) is 37.5 Å². The van der Waals surface area contributed by atoms with E-state index < -0.39 is 6.04 Å². The summed E-state index contributed by atoms with van der Waals surface area (Å²) < 4.78 is 10.6. The van der Waals surface area contributed by atoms with Gasteiger partial charge in [0.15, 0.2) is 0 Å². The summed E-state index contributed by atoms with van der Waals surface area (Å²) in [4.78, 5) is 30.3. The number of benzene rings is 1. The van der Waals surface area contributed by atoms with Crippen LogP contribution in [-0.4, -0.2) is 72.8 Å². The lowest BCUT2D eigenvalue weighted by atomic mass is 10.1. The zero-order valence-electron chi connectivity index (χ0n) is 16.5. The van der Waals surface area contributed by atoms with Crippen molar-refractivity contribution in [2.24, 2.45) is 0 Å². The smallest absolute Gasteiger partial charge is 0.257 e. The maximum atomic E-state index is 13.4. The third-order valence-corrected chi connectivity index (χ3v) is 6.95. The molecule has 2 fully saturated rings. The first-order chi connectivity index (χ1) is 14.6. The van der Waals surface area contributed by atoms with Gasteiger partial charge in [0.1, 0.15) is 11.4 Å². The Morgan fingerprint density at radius 2 is 2.00 bits per heavy atom. The molecule has 1 N–H and O–H groups in total. The number of carbonyl (C=O) groups excluding carboxylic acids is 2. The summed E-state index contributed by atoms with van der Waals surface area (Å²) in [5.74, 6) is 0.0994. The van der Waals surface area contributed by atoms with Gasteiger partial charge in [-0.2, -0.15) is 0 Å². The monoisotopic (exact) mass is 449 g/mol. The van der Waals surface area contributed by atoms with Gasteiger partial charge >= 0.3 is 0 Å². The molecular formula is C21H24ClN3O4S. The second kappa shape index (κ2) is 9.87. The molecule has 0 bridgehead atoms. The summed E-state index contributed by atoms with van der Waals surface area (Å²) in [6.45, 7) is 4.48. The summed E-state index contributed by atoms with van der Waals surface area (Å²) in [6, 6.07) is 8.16. The number of ether oxygens (including phenoxy) is 1. The maximum absolute atomic E-state index is 13.4. The fourth-order valence-corrected chi connectivity index (χ4v) is 5.31. The van der Waals surface area contributed by atoms with Crippen molar-refractivity contribution >= 4 is 35.2 Å². The van der Waals surface area contributed by atoms with E-state index in [0.29, 0.717) is 22.9 Å². The van der Waals surface area contributed by atoms with E-state index in [1.807, 2.05) is 6.07 Å². The molecule has 7 nitrogen and oxygen atoms in total. The fraction of sp³-hybridized carbons (Fsp3) is 0.429. The van der Waals surface area contributed by atoms with Gasteiger partial charge in [0.2, 0.25) is 5.91 Å².